The van der Waals surface area contributed by atoms with Crippen LogP contribution in [0, 0.1) is 0 Å². The van der Waals surface area contributed by atoms with Crippen LogP contribution in [0.5, 0.6) is 11.5 Å². The Balaban J connectivity index is 1.59. The van der Waals surface area contributed by atoms with E-state index < -0.39 is 0 Å². The second kappa shape index (κ2) is 7.12. The monoisotopic (exact) mass is 423 g/mol. The molecule has 0 saturated carbocycles. The minimum atomic E-state index is -0.173. The molecule has 8 heteroatoms. The molecule has 0 aromatic heterocycles. The number of thiocarbonyl (C=S) groups is 1. The SMILES string of the molecule is O=C1C(=Cc2c(Cl)cccc2Cl)SC(=S)N1Cc1ccc2c(c1)OCO2. The van der Waals surface area contributed by atoms with E-state index in [0.717, 1.165) is 5.56 Å². The summed E-state index contributed by atoms with van der Waals surface area (Å²) in [4.78, 5) is 14.8. The molecule has 0 radical (unpaired) electrons. The van der Waals surface area contributed by atoms with Gasteiger partial charge >= 0.3 is 0 Å². The van der Waals surface area contributed by atoms with Crippen molar-refractivity contribution in [3.63, 3.8) is 0 Å². The lowest BCUT2D eigenvalue weighted by Crippen LogP contribution is -2.27. The molecule has 0 atom stereocenters. The van der Waals surface area contributed by atoms with Crippen molar-refractivity contribution < 1.29 is 14.3 Å². The van der Waals surface area contributed by atoms with Gasteiger partial charge in [-0.05, 0) is 35.9 Å². The van der Waals surface area contributed by atoms with Gasteiger partial charge in [0.15, 0.2) is 11.5 Å². The zero-order valence-corrected chi connectivity index (χ0v) is 16.3. The molecule has 0 spiro atoms. The van der Waals surface area contributed by atoms with Gasteiger partial charge in [0.05, 0.1) is 11.4 Å². The van der Waals surface area contributed by atoms with Crippen molar-refractivity contribution in [1.29, 1.82) is 0 Å². The maximum Gasteiger partial charge on any atom is 0.266 e. The summed E-state index contributed by atoms with van der Waals surface area (Å²) < 4.78 is 11.2. The Bertz CT molecular complexity index is 941. The molecule has 2 aromatic carbocycles. The van der Waals surface area contributed by atoms with Crippen molar-refractivity contribution in [3.8, 4) is 11.5 Å². The number of thioether (sulfide) groups is 1. The van der Waals surface area contributed by atoms with Crippen LogP contribution in [0.4, 0.5) is 0 Å². The van der Waals surface area contributed by atoms with Gasteiger partial charge in [-0.3, -0.25) is 9.69 Å². The van der Waals surface area contributed by atoms with Gasteiger partial charge in [0.25, 0.3) is 5.91 Å². The van der Waals surface area contributed by atoms with E-state index in [0.29, 0.717) is 42.9 Å². The summed E-state index contributed by atoms with van der Waals surface area (Å²) in [7, 11) is 0. The molecule has 2 aliphatic heterocycles. The standard InChI is InChI=1S/C18H11Cl2NO3S2/c19-12-2-1-3-13(20)11(12)7-16-17(22)21(18(25)26-16)8-10-4-5-14-15(6-10)24-9-23-14/h1-7H,8-9H2. The van der Waals surface area contributed by atoms with E-state index in [-0.39, 0.29) is 12.7 Å². The number of hydrogen-bond donors (Lipinski definition) is 0. The van der Waals surface area contributed by atoms with Crippen molar-refractivity contribution in [1.82, 2.24) is 4.90 Å². The maximum atomic E-state index is 12.8. The molecule has 1 fully saturated rings. The fraction of sp³-hybridized carbons (Fsp3) is 0.111. The topological polar surface area (TPSA) is 38.8 Å². The minimum Gasteiger partial charge on any atom is -0.454 e. The summed E-state index contributed by atoms with van der Waals surface area (Å²) in [5.74, 6) is 1.20. The van der Waals surface area contributed by atoms with Crippen molar-refractivity contribution in [2.45, 2.75) is 6.54 Å². The predicted molar refractivity (Wildman–Crippen MR) is 108 cm³/mol. The lowest BCUT2D eigenvalue weighted by molar-refractivity contribution is -0.122. The first-order valence-electron chi connectivity index (χ1n) is 7.61. The third kappa shape index (κ3) is 3.30. The van der Waals surface area contributed by atoms with Crippen LogP contribution in [0.25, 0.3) is 6.08 Å². The fourth-order valence-electron chi connectivity index (χ4n) is 2.64. The lowest BCUT2D eigenvalue weighted by Gasteiger charge is -2.14. The number of fused-ring (bicyclic) bond motifs is 1. The summed E-state index contributed by atoms with van der Waals surface area (Å²) >= 11 is 19.0. The van der Waals surface area contributed by atoms with Gasteiger partial charge in [0.2, 0.25) is 6.79 Å². The largest absolute Gasteiger partial charge is 0.454 e. The van der Waals surface area contributed by atoms with E-state index in [4.69, 9.17) is 44.9 Å². The molecule has 2 aliphatic rings. The third-order valence-corrected chi connectivity index (χ3v) is 5.96. The van der Waals surface area contributed by atoms with Gasteiger partial charge < -0.3 is 9.47 Å². The molecular weight excluding hydrogens is 413 g/mol. The van der Waals surface area contributed by atoms with E-state index in [2.05, 4.69) is 0 Å². The molecule has 2 heterocycles. The Morgan fingerprint density at radius 2 is 1.88 bits per heavy atom. The molecule has 1 amide bonds. The third-order valence-electron chi connectivity index (χ3n) is 3.93. The molecule has 0 N–H and O–H groups in total. The Hall–Kier alpha value is -1.73. The number of benzene rings is 2. The molecule has 1 saturated heterocycles. The molecule has 0 unspecified atom stereocenters. The van der Waals surface area contributed by atoms with Crippen LogP contribution in [0.2, 0.25) is 10.0 Å². The molecule has 2 aromatic rings. The van der Waals surface area contributed by atoms with Crippen LogP contribution in [-0.4, -0.2) is 21.9 Å². The maximum absolute atomic E-state index is 12.8. The Labute approximate surface area is 169 Å². The quantitative estimate of drug-likeness (QED) is 0.505. The number of carbonyl (C=O) groups excluding carboxylic acids is 1. The van der Waals surface area contributed by atoms with Crippen molar-refractivity contribution >= 4 is 63.5 Å². The zero-order valence-electron chi connectivity index (χ0n) is 13.2. The van der Waals surface area contributed by atoms with E-state index in [1.54, 1.807) is 29.2 Å². The number of rotatable bonds is 3. The number of carbonyl (C=O) groups is 1. The van der Waals surface area contributed by atoms with Crippen molar-refractivity contribution in [3.05, 3.63) is 62.5 Å². The van der Waals surface area contributed by atoms with Gasteiger partial charge in [0, 0.05) is 15.6 Å². The van der Waals surface area contributed by atoms with Gasteiger partial charge in [-0.2, -0.15) is 0 Å². The molecule has 4 rings (SSSR count). The summed E-state index contributed by atoms with van der Waals surface area (Å²) in [6, 6.07) is 10.8. The number of amides is 1. The summed E-state index contributed by atoms with van der Waals surface area (Å²) in [5.41, 5.74) is 1.52. The molecule has 26 heavy (non-hydrogen) atoms. The number of halogens is 2. The van der Waals surface area contributed by atoms with E-state index in [1.807, 2.05) is 18.2 Å². The van der Waals surface area contributed by atoms with Crippen LogP contribution in [-0.2, 0) is 11.3 Å². The highest BCUT2D eigenvalue weighted by molar-refractivity contribution is 8.26. The number of nitrogens with zero attached hydrogens (tertiary/aromatic N) is 1. The molecule has 132 valence electrons. The van der Waals surface area contributed by atoms with Crippen LogP contribution in [0.1, 0.15) is 11.1 Å². The molecular formula is C18H11Cl2NO3S2. The highest BCUT2D eigenvalue weighted by Gasteiger charge is 2.32. The van der Waals surface area contributed by atoms with E-state index in [1.165, 1.54) is 11.8 Å². The Kier molecular flexibility index (Phi) is 4.84. The molecule has 0 bridgehead atoms. The highest BCUT2D eigenvalue weighted by atomic mass is 35.5. The van der Waals surface area contributed by atoms with Crippen LogP contribution < -0.4 is 9.47 Å². The Morgan fingerprint density at radius 3 is 2.65 bits per heavy atom. The molecule has 4 nitrogen and oxygen atoms in total. The summed E-state index contributed by atoms with van der Waals surface area (Å²) in [6.45, 7) is 0.566. The van der Waals surface area contributed by atoms with Crippen molar-refractivity contribution in [2.24, 2.45) is 0 Å². The first kappa shape index (κ1) is 17.7. The second-order valence-corrected chi connectivity index (χ2v) is 8.08. The minimum absolute atomic E-state index is 0.173. The zero-order chi connectivity index (χ0) is 18.3. The van der Waals surface area contributed by atoms with Crippen LogP contribution >= 0.6 is 47.2 Å². The summed E-state index contributed by atoms with van der Waals surface area (Å²) in [5, 5.41) is 0.970. The first-order chi connectivity index (χ1) is 12.5. The Morgan fingerprint density at radius 1 is 1.15 bits per heavy atom. The van der Waals surface area contributed by atoms with Gasteiger partial charge in [0.1, 0.15) is 4.32 Å². The number of ether oxygens (including phenoxy) is 2. The molecule has 0 aliphatic carbocycles. The smallest absolute Gasteiger partial charge is 0.266 e. The average molecular weight is 424 g/mol. The van der Waals surface area contributed by atoms with Crippen molar-refractivity contribution in [2.75, 3.05) is 6.79 Å². The van der Waals surface area contributed by atoms with Gasteiger partial charge in [-0.25, -0.2) is 0 Å². The van der Waals surface area contributed by atoms with Gasteiger partial charge in [-0.1, -0.05) is 59.3 Å². The van der Waals surface area contributed by atoms with Crippen LogP contribution in [0.3, 0.4) is 0 Å². The van der Waals surface area contributed by atoms with Crippen LogP contribution in [0.15, 0.2) is 41.3 Å². The van der Waals surface area contributed by atoms with Gasteiger partial charge in [-0.15, -0.1) is 0 Å². The highest BCUT2D eigenvalue weighted by Crippen LogP contribution is 2.38. The normalized spacial score (nSPS) is 17.5. The second-order valence-electron chi connectivity index (χ2n) is 5.59. The lowest BCUT2D eigenvalue weighted by atomic mass is 10.2. The van der Waals surface area contributed by atoms with E-state index in [9.17, 15) is 4.79 Å². The summed E-state index contributed by atoms with van der Waals surface area (Å²) in [6.07, 6.45) is 1.68. The first-order valence-corrected chi connectivity index (χ1v) is 9.59. The number of hydrogen-bond acceptors (Lipinski definition) is 5. The average Bonchev–Trinajstić information content (AvgIpc) is 3.18. The van der Waals surface area contributed by atoms with E-state index >= 15 is 0 Å². The predicted octanol–water partition coefficient (Wildman–Crippen LogP) is 5.12. The fourth-order valence-corrected chi connectivity index (χ4v) is 4.38.